The van der Waals surface area contributed by atoms with Gasteiger partial charge in [-0.3, -0.25) is 4.79 Å². The van der Waals surface area contributed by atoms with Crippen molar-refractivity contribution < 1.29 is 22.7 Å². The van der Waals surface area contributed by atoms with E-state index in [-0.39, 0.29) is 22.6 Å². The van der Waals surface area contributed by atoms with Crippen molar-refractivity contribution in [3.05, 3.63) is 70.1 Å². The standard InChI is InChI=1S/C22H21ClN2O5S2/c1-4-30-22(27)19-18(14-8-10-16(23)11-9-14)13-31-21(19)24-20(26)15-6-5-7-17(12-15)32(28,29)25(2)3/h5-13H,4H2,1-3H3,(H,24,26). The van der Waals surface area contributed by atoms with Crippen molar-refractivity contribution >= 4 is 49.8 Å². The summed E-state index contributed by atoms with van der Waals surface area (Å²) in [4.78, 5) is 25.6. The number of ether oxygens (including phenoxy) is 1. The number of amides is 1. The van der Waals surface area contributed by atoms with Crippen LogP contribution >= 0.6 is 22.9 Å². The summed E-state index contributed by atoms with van der Waals surface area (Å²) in [7, 11) is -0.870. The van der Waals surface area contributed by atoms with E-state index >= 15 is 0 Å². The molecule has 0 radical (unpaired) electrons. The number of anilines is 1. The summed E-state index contributed by atoms with van der Waals surface area (Å²) >= 11 is 7.14. The molecule has 0 aliphatic heterocycles. The number of nitrogens with zero attached hydrogens (tertiary/aromatic N) is 1. The van der Waals surface area contributed by atoms with Crippen LogP contribution in [0.3, 0.4) is 0 Å². The third-order valence-corrected chi connectivity index (χ3v) is 7.49. The van der Waals surface area contributed by atoms with E-state index in [1.165, 1.54) is 49.7 Å². The minimum atomic E-state index is -3.70. The van der Waals surface area contributed by atoms with Crippen molar-refractivity contribution in [3.8, 4) is 11.1 Å². The van der Waals surface area contributed by atoms with Gasteiger partial charge in [-0.2, -0.15) is 0 Å². The Labute approximate surface area is 195 Å². The van der Waals surface area contributed by atoms with Crippen molar-refractivity contribution in [2.75, 3.05) is 26.0 Å². The van der Waals surface area contributed by atoms with Crippen LogP contribution < -0.4 is 5.32 Å². The van der Waals surface area contributed by atoms with Crippen LogP contribution in [0.15, 0.2) is 58.8 Å². The molecule has 0 saturated heterocycles. The van der Waals surface area contributed by atoms with E-state index in [1.54, 1.807) is 36.6 Å². The van der Waals surface area contributed by atoms with E-state index in [2.05, 4.69) is 5.32 Å². The molecule has 0 aliphatic carbocycles. The van der Waals surface area contributed by atoms with Gasteiger partial charge in [0.1, 0.15) is 10.6 Å². The highest BCUT2D eigenvalue weighted by molar-refractivity contribution is 7.89. The van der Waals surface area contributed by atoms with Crippen LogP contribution in [0.4, 0.5) is 5.00 Å². The number of rotatable bonds is 7. The van der Waals surface area contributed by atoms with Crippen LogP contribution in [0.5, 0.6) is 0 Å². The number of thiophene rings is 1. The molecule has 0 atom stereocenters. The lowest BCUT2D eigenvalue weighted by molar-refractivity contribution is 0.0529. The molecule has 10 heteroatoms. The molecule has 0 spiro atoms. The number of sulfonamides is 1. The van der Waals surface area contributed by atoms with E-state index in [0.717, 1.165) is 9.87 Å². The van der Waals surface area contributed by atoms with Gasteiger partial charge in [-0.05, 0) is 42.8 Å². The number of benzene rings is 2. The molecule has 7 nitrogen and oxygen atoms in total. The number of carbonyl (C=O) groups excluding carboxylic acids is 2. The molecular formula is C22H21ClN2O5S2. The summed E-state index contributed by atoms with van der Waals surface area (Å²) in [6.45, 7) is 1.87. The molecule has 32 heavy (non-hydrogen) atoms. The summed E-state index contributed by atoms with van der Waals surface area (Å²) in [5.74, 6) is -1.12. The fourth-order valence-corrected chi connectivity index (χ4v) is 4.91. The second-order valence-electron chi connectivity index (χ2n) is 6.85. The molecule has 1 aromatic heterocycles. The van der Waals surface area contributed by atoms with Crippen LogP contribution in [0.25, 0.3) is 11.1 Å². The highest BCUT2D eigenvalue weighted by Gasteiger charge is 2.24. The quantitative estimate of drug-likeness (QED) is 0.480. The van der Waals surface area contributed by atoms with Gasteiger partial charge in [0, 0.05) is 35.6 Å². The van der Waals surface area contributed by atoms with E-state index in [1.807, 2.05) is 0 Å². The van der Waals surface area contributed by atoms with Crippen molar-refractivity contribution in [2.24, 2.45) is 0 Å². The molecule has 3 rings (SSSR count). The molecule has 168 valence electrons. The highest BCUT2D eigenvalue weighted by atomic mass is 35.5. The lowest BCUT2D eigenvalue weighted by atomic mass is 10.0. The van der Waals surface area contributed by atoms with Gasteiger partial charge in [-0.25, -0.2) is 17.5 Å². The molecule has 1 N–H and O–H groups in total. The Balaban J connectivity index is 1.98. The first-order chi connectivity index (χ1) is 15.1. The number of halogens is 1. The zero-order valence-corrected chi connectivity index (χ0v) is 20.0. The minimum Gasteiger partial charge on any atom is -0.462 e. The van der Waals surface area contributed by atoms with Gasteiger partial charge in [-0.15, -0.1) is 11.3 Å². The third kappa shape index (κ3) is 5.02. The predicted octanol–water partition coefficient (Wildman–Crippen LogP) is 4.75. The topological polar surface area (TPSA) is 92.8 Å². The SMILES string of the molecule is CCOC(=O)c1c(-c2ccc(Cl)cc2)csc1NC(=O)c1cccc(S(=O)(=O)N(C)C)c1. The highest BCUT2D eigenvalue weighted by Crippen LogP contribution is 2.37. The van der Waals surface area contributed by atoms with Crippen LogP contribution in [0.2, 0.25) is 5.02 Å². The van der Waals surface area contributed by atoms with Crippen molar-refractivity contribution in [3.63, 3.8) is 0 Å². The fourth-order valence-electron chi connectivity index (χ4n) is 2.88. The third-order valence-electron chi connectivity index (χ3n) is 4.53. The van der Waals surface area contributed by atoms with Crippen LogP contribution in [0.1, 0.15) is 27.6 Å². The maximum absolute atomic E-state index is 12.9. The smallest absolute Gasteiger partial charge is 0.341 e. The Bertz CT molecular complexity index is 1250. The number of hydrogen-bond donors (Lipinski definition) is 1. The van der Waals surface area contributed by atoms with Crippen LogP contribution in [-0.4, -0.2) is 45.3 Å². The zero-order valence-electron chi connectivity index (χ0n) is 17.6. The monoisotopic (exact) mass is 492 g/mol. The van der Waals surface area contributed by atoms with Crippen molar-refractivity contribution in [2.45, 2.75) is 11.8 Å². The molecule has 2 aromatic carbocycles. The summed E-state index contributed by atoms with van der Waals surface area (Å²) in [6.07, 6.45) is 0. The van der Waals surface area contributed by atoms with E-state index in [0.29, 0.717) is 15.6 Å². The Kier molecular flexibility index (Phi) is 7.35. The Morgan fingerprint density at radius 2 is 1.81 bits per heavy atom. The fraction of sp³-hybridized carbons (Fsp3) is 0.182. The van der Waals surface area contributed by atoms with E-state index in [9.17, 15) is 18.0 Å². The molecule has 0 fully saturated rings. The summed E-state index contributed by atoms with van der Waals surface area (Å²) in [6, 6.07) is 12.7. The first-order valence-electron chi connectivity index (χ1n) is 9.53. The molecule has 0 bridgehead atoms. The van der Waals surface area contributed by atoms with Gasteiger partial charge in [0.15, 0.2) is 0 Å². The molecule has 3 aromatic rings. The Morgan fingerprint density at radius 1 is 1.12 bits per heavy atom. The lowest BCUT2D eigenvalue weighted by Crippen LogP contribution is -2.23. The van der Waals surface area contributed by atoms with Gasteiger partial charge in [-0.1, -0.05) is 29.8 Å². The number of hydrogen-bond acceptors (Lipinski definition) is 6. The van der Waals surface area contributed by atoms with Crippen LogP contribution in [-0.2, 0) is 14.8 Å². The normalized spacial score (nSPS) is 11.4. The summed E-state index contributed by atoms with van der Waals surface area (Å²) < 4.78 is 31.0. The number of nitrogens with one attached hydrogen (secondary N) is 1. The first-order valence-corrected chi connectivity index (χ1v) is 12.2. The van der Waals surface area contributed by atoms with E-state index in [4.69, 9.17) is 16.3 Å². The number of esters is 1. The second kappa shape index (κ2) is 9.83. The zero-order chi connectivity index (χ0) is 23.5. The van der Waals surface area contributed by atoms with E-state index < -0.39 is 21.9 Å². The average Bonchev–Trinajstić information content (AvgIpc) is 3.18. The van der Waals surface area contributed by atoms with Gasteiger partial charge in [0.05, 0.1) is 11.5 Å². The second-order valence-corrected chi connectivity index (χ2v) is 10.3. The van der Waals surface area contributed by atoms with Gasteiger partial charge < -0.3 is 10.1 Å². The largest absolute Gasteiger partial charge is 0.462 e. The molecule has 0 unspecified atom stereocenters. The van der Waals surface area contributed by atoms with Gasteiger partial charge >= 0.3 is 5.97 Å². The molecule has 0 aliphatic rings. The molecular weight excluding hydrogens is 472 g/mol. The first kappa shape index (κ1) is 23.9. The summed E-state index contributed by atoms with van der Waals surface area (Å²) in [5.41, 5.74) is 1.71. The van der Waals surface area contributed by atoms with Crippen LogP contribution in [0, 0.1) is 0 Å². The maximum Gasteiger partial charge on any atom is 0.341 e. The van der Waals surface area contributed by atoms with Gasteiger partial charge in [0.25, 0.3) is 5.91 Å². The molecule has 1 heterocycles. The summed E-state index contributed by atoms with van der Waals surface area (Å²) in [5, 5.41) is 5.33. The van der Waals surface area contributed by atoms with Gasteiger partial charge in [0.2, 0.25) is 10.0 Å². The Hall–Kier alpha value is -2.72. The number of carbonyl (C=O) groups is 2. The lowest BCUT2D eigenvalue weighted by Gasteiger charge is -2.12. The average molecular weight is 493 g/mol. The Morgan fingerprint density at radius 3 is 2.44 bits per heavy atom. The maximum atomic E-state index is 12.9. The van der Waals surface area contributed by atoms with Crippen molar-refractivity contribution in [1.82, 2.24) is 4.31 Å². The molecule has 1 amide bonds. The van der Waals surface area contributed by atoms with Crippen molar-refractivity contribution in [1.29, 1.82) is 0 Å². The minimum absolute atomic E-state index is 0.00574. The molecule has 0 saturated carbocycles. The predicted molar refractivity (Wildman–Crippen MR) is 126 cm³/mol.